The Morgan fingerprint density at radius 3 is 3.10 bits per heavy atom. The Balaban J connectivity index is 1.69. The van der Waals surface area contributed by atoms with Crippen LogP contribution in [0.15, 0.2) is 29.9 Å². The van der Waals surface area contributed by atoms with Gasteiger partial charge in [0.05, 0.1) is 17.8 Å². The Morgan fingerprint density at radius 2 is 2.33 bits per heavy atom. The maximum atomic E-state index is 5.91. The van der Waals surface area contributed by atoms with Crippen molar-refractivity contribution in [1.82, 2.24) is 14.9 Å². The lowest BCUT2D eigenvalue weighted by Gasteiger charge is -2.32. The predicted molar refractivity (Wildman–Crippen MR) is 84.6 cm³/mol. The standard InChI is InChI=1S/C15H20N4OS/c1-18(2)15-5-3-4-13(17-15)14-10-19(6-7-20-14)9-12-8-16-11-21-12/h3-5,8,11,14H,6-7,9-10H2,1-2H3/t14-/m1/s1. The van der Waals surface area contributed by atoms with Crippen molar-refractivity contribution in [3.63, 3.8) is 0 Å². The van der Waals surface area contributed by atoms with Crippen molar-refractivity contribution < 1.29 is 4.74 Å². The Morgan fingerprint density at radius 1 is 1.43 bits per heavy atom. The highest BCUT2D eigenvalue weighted by atomic mass is 32.1. The van der Waals surface area contributed by atoms with Gasteiger partial charge < -0.3 is 9.64 Å². The molecule has 0 bridgehead atoms. The second-order valence-electron chi connectivity index (χ2n) is 5.38. The van der Waals surface area contributed by atoms with Crippen molar-refractivity contribution in [2.24, 2.45) is 0 Å². The molecular weight excluding hydrogens is 284 g/mol. The third-order valence-electron chi connectivity index (χ3n) is 3.56. The van der Waals surface area contributed by atoms with Crippen LogP contribution in [-0.4, -0.2) is 48.7 Å². The van der Waals surface area contributed by atoms with Gasteiger partial charge in [-0.2, -0.15) is 0 Å². The number of thiazole rings is 1. The lowest BCUT2D eigenvalue weighted by Crippen LogP contribution is -2.38. The summed E-state index contributed by atoms with van der Waals surface area (Å²) in [6, 6.07) is 6.11. The van der Waals surface area contributed by atoms with Gasteiger partial charge in [0.2, 0.25) is 0 Å². The minimum absolute atomic E-state index is 0.0478. The molecule has 0 aromatic carbocycles. The first-order chi connectivity index (χ1) is 10.2. The molecule has 0 spiro atoms. The molecule has 1 saturated heterocycles. The molecule has 0 N–H and O–H groups in total. The molecule has 21 heavy (non-hydrogen) atoms. The average molecular weight is 304 g/mol. The summed E-state index contributed by atoms with van der Waals surface area (Å²) in [7, 11) is 4.01. The zero-order valence-electron chi connectivity index (χ0n) is 12.4. The normalized spacial score (nSPS) is 19.6. The zero-order chi connectivity index (χ0) is 14.7. The van der Waals surface area contributed by atoms with Gasteiger partial charge in [-0.3, -0.25) is 9.88 Å². The minimum atomic E-state index is 0.0478. The number of hydrogen-bond acceptors (Lipinski definition) is 6. The van der Waals surface area contributed by atoms with E-state index >= 15 is 0 Å². The average Bonchev–Trinajstić information content (AvgIpc) is 3.00. The minimum Gasteiger partial charge on any atom is -0.369 e. The Labute approximate surface area is 129 Å². The fourth-order valence-corrected chi connectivity index (χ4v) is 3.07. The summed E-state index contributed by atoms with van der Waals surface area (Å²) in [6.45, 7) is 3.53. The van der Waals surface area contributed by atoms with Crippen LogP contribution < -0.4 is 4.90 Å². The lowest BCUT2D eigenvalue weighted by molar-refractivity contribution is -0.0346. The third kappa shape index (κ3) is 3.58. The monoisotopic (exact) mass is 304 g/mol. The number of hydrogen-bond donors (Lipinski definition) is 0. The second kappa shape index (κ2) is 6.51. The smallest absolute Gasteiger partial charge is 0.128 e. The van der Waals surface area contributed by atoms with Gasteiger partial charge in [0, 0.05) is 44.8 Å². The molecule has 1 fully saturated rings. The van der Waals surface area contributed by atoms with E-state index in [0.29, 0.717) is 0 Å². The van der Waals surface area contributed by atoms with Gasteiger partial charge in [0.1, 0.15) is 11.9 Å². The van der Waals surface area contributed by atoms with Crippen LogP contribution in [0.4, 0.5) is 5.82 Å². The summed E-state index contributed by atoms with van der Waals surface area (Å²) in [5, 5.41) is 0. The zero-order valence-corrected chi connectivity index (χ0v) is 13.2. The van der Waals surface area contributed by atoms with Crippen LogP contribution in [0, 0.1) is 0 Å². The van der Waals surface area contributed by atoms with Gasteiger partial charge in [0.25, 0.3) is 0 Å². The summed E-state index contributed by atoms with van der Waals surface area (Å²) in [5.74, 6) is 0.968. The molecule has 6 heteroatoms. The van der Waals surface area contributed by atoms with E-state index in [-0.39, 0.29) is 6.10 Å². The molecule has 0 unspecified atom stereocenters. The van der Waals surface area contributed by atoms with Gasteiger partial charge >= 0.3 is 0 Å². The molecule has 3 rings (SSSR count). The molecule has 0 radical (unpaired) electrons. The number of rotatable bonds is 4. The van der Waals surface area contributed by atoms with Gasteiger partial charge in [-0.1, -0.05) is 6.07 Å². The summed E-state index contributed by atoms with van der Waals surface area (Å²) in [6.07, 6.45) is 1.99. The van der Waals surface area contributed by atoms with Crippen LogP contribution in [0.1, 0.15) is 16.7 Å². The SMILES string of the molecule is CN(C)c1cccc([C@H]2CN(Cc3cncs3)CCO2)n1. The lowest BCUT2D eigenvalue weighted by atomic mass is 10.2. The van der Waals surface area contributed by atoms with E-state index in [2.05, 4.69) is 9.88 Å². The van der Waals surface area contributed by atoms with E-state index in [0.717, 1.165) is 37.8 Å². The fraction of sp³-hybridized carbons (Fsp3) is 0.467. The maximum Gasteiger partial charge on any atom is 0.128 e. The van der Waals surface area contributed by atoms with Crippen LogP contribution >= 0.6 is 11.3 Å². The quantitative estimate of drug-likeness (QED) is 0.866. The number of nitrogens with zero attached hydrogens (tertiary/aromatic N) is 4. The molecule has 0 saturated carbocycles. The van der Waals surface area contributed by atoms with Crippen LogP contribution in [-0.2, 0) is 11.3 Å². The van der Waals surface area contributed by atoms with Gasteiger partial charge in [0.15, 0.2) is 0 Å². The van der Waals surface area contributed by atoms with Gasteiger partial charge in [-0.25, -0.2) is 4.98 Å². The Hall–Kier alpha value is -1.50. The number of morpholine rings is 1. The number of anilines is 1. The highest BCUT2D eigenvalue weighted by Crippen LogP contribution is 2.24. The van der Waals surface area contributed by atoms with Crippen LogP contribution in [0.25, 0.3) is 0 Å². The predicted octanol–water partition coefficient (Wildman–Crippen LogP) is 2.18. The summed E-state index contributed by atoms with van der Waals surface area (Å²) in [4.78, 5) is 14.6. The van der Waals surface area contributed by atoms with Crippen molar-refractivity contribution in [3.05, 3.63) is 40.5 Å². The van der Waals surface area contributed by atoms with E-state index in [9.17, 15) is 0 Å². The fourth-order valence-electron chi connectivity index (χ4n) is 2.43. The topological polar surface area (TPSA) is 41.5 Å². The van der Waals surface area contributed by atoms with Crippen molar-refractivity contribution in [2.75, 3.05) is 38.7 Å². The molecule has 0 aliphatic carbocycles. The molecular formula is C15H20N4OS. The van der Waals surface area contributed by atoms with E-state index in [1.54, 1.807) is 11.3 Å². The first-order valence-corrected chi connectivity index (χ1v) is 7.96. The molecule has 1 aliphatic heterocycles. The van der Waals surface area contributed by atoms with E-state index in [1.165, 1.54) is 4.88 Å². The van der Waals surface area contributed by atoms with Crippen LogP contribution in [0.2, 0.25) is 0 Å². The number of pyridine rings is 1. The van der Waals surface area contributed by atoms with Crippen LogP contribution in [0.3, 0.4) is 0 Å². The van der Waals surface area contributed by atoms with E-state index < -0.39 is 0 Å². The molecule has 5 nitrogen and oxygen atoms in total. The number of aromatic nitrogens is 2. The van der Waals surface area contributed by atoms with Gasteiger partial charge in [-0.05, 0) is 12.1 Å². The molecule has 3 heterocycles. The maximum absolute atomic E-state index is 5.91. The Bertz CT molecular complexity index is 573. The highest BCUT2D eigenvalue weighted by molar-refractivity contribution is 7.09. The third-order valence-corrected chi connectivity index (χ3v) is 4.32. The largest absolute Gasteiger partial charge is 0.369 e. The van der Waals surface area contributed by atoms with Crippen LogP contribution in [0.5, 0.6) is 0 Å². The first kappa shape index (κ1) is 14.4. The second-order valence-corrected chi connectivity index (χ2v) is 6.35. The van der Waals surface area contributed by atoms with E-state index in [1.807, 2.05) is 48.9 Å². The molecule has 1 atom stereocenters. The molecule has 112 valence electrons. The number of ether oxygens (including phenoxy) is 1. The van der Waals surface area contributed by atoms with Crippen molar-refractivity contribution in [3.8, 4) is 0 Å². The van der Waals surface area contributed by atoms with E-state index in [4.69, 9.17) is 9.72 Å². The first-order valence-electron chi connectivity index (χ1n) is 7.08. The summed E-state index contributed by atoms with van der Waals surface area (Å²) >= 11 is 1.70. The van der Waals surface area contributed by atoms with Crippen molar-refractivity contribution in [1.29, 1.82) is 0 Å². The molecule has 1 aliphatic rings. The van der Waals surface area contributed by atoms with Crippen molar-refractivity contribution in [2.45, 2.75) is 12.6 Å². The van der Waals surface area contributed by atoms with Gasteiger partial charge in [-0.15, -0.1) is 11.3 Å². The molecule has 2 aromatic rings. The molecule has 0 amide bonds. The highest BCUT2D eigenvalue weighted by Gasteiger charge is 2.23. The molecule has 2 aromatic heterocycles. The Kier molecular flexibility index (Phi) is 4.48. The summed E-state index contributed by atoms with van der Waals surface area (Å²) in [5.41, 5.74) is 2.89. The van der Waals surface area contributed by atoms with Crippen molar-refractivity contribution >= 4 is 17.2 Å². The summed E-state index contributed by atoms with van der Waals surface area (Å²) < 4.78 is 5.91.